The molecule has 0 atom stereocenters. The molecule has 7 nitrogen and oxygen atoms in total. The Morgan fingerprint density at radius 1 is 1.29 bits per heavy atom. The molecule has 0 spiro atoms. The lowest BCUT2D eigenvalue weighted by atomic mass is 10.1. The molecule has 2 rings (SSSR count). The van der Waals surface area contributed by atoms with E-state index in [1.165, 1.54) is 7.11 Å². The van der Waals surface area contributed by atoms with Crippen molar-refractivity contribution < 1.29 is 19.1 Å². The van der Waals surface area contributed by atoms with Gasteiger partial charge in [0.05, 0.1) is 19.9 Å². The highest BCUT2D eigenvalue weighted by Gasteiger charge is 2.20. The van der Waals surface area contributed by atoms with Crippen LogP contribution in [0.15, 0.2) is 17.2 Å². The predicted molar refractivity (Wildman–Crippen MR) is 77.7 cm³/mol. The zero-order chi connectivity index (χ0) is 15.4. The van der Waals surface area contributed by atoms with E-state index in [2.05, 4.69) is 15.8 Å². The summed E-state index contributed by atoms with van der Waals surface area (Å²) in [4.78, 5) is 23.1. The van der Waals surface area contributed by atoms with E-state index in [0.29, 0.717) is 23.6 Å². The number of hydrogen-bond acceptors (Lipinski definition) is 5. The summed E-state index contributed by atoms with van der Waals surface area (Å²) in [5.41, 5.74) is 3.89. The maximum atomic E-state index is 12.1. The van der Waals surface area contributed by atoms with Crippen molar-refractivity contribution in [3.63, 3.8) is 0 Å². The molecule has 0 aliphatic carbocycles. The van der Waals surface area contributed by atoms with Gasteiger partial charge in [0.15, 0.2) is 0 Å². The van der Waals surface area contributed by atoms with Crippen LogP contribution < -0.4 is 20.2 Å². The standard InChI is InChI=1S/C14H17N3O4/c1-8-11(20-2)6-4-9(13(8)21-3)15-14(19)10-5-7-12(18)17-16-10/h4,6H,5,7H2,1-3H3,(H,15,19)(H,17,18). The highest BCUT2D eigenvalue weighted by molar-refractivity contribution is 6.43. The van der Waals surface area contributed by atoms with E-state index in [-0.39, 0.29) is 23.9 Å². The molecule has 112 valence electrons. The third-order valence-electron chi connectivity index (χ3n) is 3.19. The first-order chi connectivity index (χ1) is 10.1. The lowest BCUT2D eigenvalue weighted by Gasteiger charge is -2.16. The largest absolute Gasteiger partial charge is 0.496 e. The van der Waals surface area contributed by atoms with Gasteiger partial charge in [-0.15, -0.1) is 0 Å². The molecule has 1 aliphatic heterocycles. The number of benzene rings is 1. The van der Waals surface area contributed by atoms with Crippen molar-refractivity contribution in [1.29, 1.82) is 0 Å². The molecule has 1 aromatic carbocycles. The average molecular weight is 291 g/mol. The van der Waals surface area contributed by atoms with Gasteiger partial charge >= 0.3 is 0 Å². The fraction of sp³-hybridized carbons (Fsp3) is 0.357. The van der Waals surface area contributed by atoms with Crippen LogP contribution in [0, 0.1) is 6.92 Å². The van der Waals surface area contributed by atoms with Gasteiger partial charge in [-0.3, -0.25) is 9.59 Å². The SMILES string of the molecule is COc1ccc(NC(=O)C2=NNC(=O)CC2)c(OC)c1C. The van der Waals surface area contributed by atoms with Crippen molar-refractivity contribution in [3.05, 3.63) is 17.7 Å². The summed E-state index contributed by atoms with van der Waals surface area (Å²) in [6.45, 7) is 1.84. The molecule has 0 saturated heterocycles. The first kappa shape index (κ1) is 14.8. The van der Waals surface area contributed by atoms with Gasteiger partial charge in [0.25, 0.3) is 5.91 Å². The molecule has 0 bridgehead atoms. The van der Waals surface area contributed by atoms with Crippen molar-refractivity contribution in [2.75, 3.05) is 19.5 Å². The predicted octanol–water partition coefficient (Wildman–Crippen LogP) is 1.22. The van der Waals surface area contributed by atoms with Crippen LogP contribution in [0.1, 0.15) is 18.4 Å². The number of ether oxygens (including phenoxy) is 2. The van der Waals surface area contributed by atoms with Crippen molar-refractivity contribution >= 4 is 23.2 Å². The van der Waals surface area contributed by atoms with Crippen LogP contribution >= 0.6 is 0 Å². The number of carbonyl (C=O) groups excluding carboxylic acids is 2. The Balaban J connectivity index is 2.21. The van der Waals surface area contributed by atoms with Gasteiger partial charge < -0.3 is 14.8 Å². The second-order valence-electron chi connectivity index (χ2n) is 4.52. The summed E-state index contributed by atoms with van der Waals surface area (Å²) in [6, 6.07) is 3.45. The number of anilines is 1. The summed E-state index contributed by atoms with van der Waals surface area (Å²) in [6.07, 6.45) is 0.570. The minimum atomic E-state index is -0.363. The Morgan fingerprint density at radius 2 is 2.05 bits per heavy atom. The third-order valence-corrected chi connectivity index (χ3v) is 3.19. The summed E-state index contributed by atoms with van der Waals surface area (Å²) < 4.78 is 10.5. The molecule has 0 saturated carbocycles. The number of methoxy groups -OCH3 is 2. The number of hydrogen-bond donors (Lipinski definition) is 2. The Labute approximate surface area is 122 Å². The van der Waals surface area contributed by atoms with Crippen LogP contribution in [0.5, 0.6) is 11.5 Å². The molecule has 21 heavy (non-hydrogen) atoms. The average Bonchev–Trinajstić information content (AvgIpc) is 2.48. The van der Waals surface area contributed by atoms with Gasteiger partial charge in [-0.25, -0.2) is 5.43 Å². The summed E-state index contributed by atoms with van der Waals surface area (Å²) in [5, 5.41) is 6.49. The van der Waals surface area contributed by atoms with Crippen LogP contribution in [0.3, 0.4) is 0 Å². The van der Waals surface area contributed by atoms with Gasteiger partial charge in [0.2, 0.25) is 5.91 Å². The van der Waals surface area contributed by atoms with Crippen molar-refractivity contribution in [2.45, 2.75) is 19.8 Å². The molecule has 1 heterocycles. The second kappa shape index (κ2) is 6.25. The Bertz CT molecular complexity index is 610. The third kappa shape index (κ3) is 3.13. The first-order valence-corrected chi connectivity index (χ1v) is 6.45. The lowest BCUT2D eigenvalue weighted by Crippen LogP contribution is -2.32. The number of amides is 2. The topological polar surface area (TPSA) is 89.0 Å². The highest BCUT2D eigenvalue weighted by atomic mass is 16.5. The van der Waals surface area contributed by atoms with Crippen LogP contribution in [0.25, 0.3) is 0 Å². The van der Waals surface area contributed by atoms with E-state index in [4.69, 9.17) is 9.47 Å². The number of hydrazone groups is 1. The van der Waals surface area contributed by atoms with Gasteiger partial charge in [-0.05, 0) is 19.1 Å². The monoisotopic (exact) mass is 291 g/mol. The molecule has 0 unspecified atom stereocenters. The van der Waals surface area contributed by atoms with Gasteiger partial charge in [-0.1, -0.05) is 0 Å². The van der Waals surface area contributed by atoms with Crippen LogP contribution in [-0.2, 0) is 9.59 Å². The van der Waals surface area contributed by atoms with Crippen LogP contribution in [0.4, 0.5) is 5.69 Å². The number of nitrogens with one attached hydrogen (secondary N) is 2. The maximum absolute atomic E-state index is 12.1. The van der Waals surface area contributed by atoms with Gasteiger partial charge in [0, 0.05) is 18.4 Å². The molecule has 7 heteroatoms. The number of nitrogens with zero attached hydrogens (tertiary/aromatic N) is 1. The van der Waals surface area contributed by atoms with Gasteiger partial charge in [-0.2, -0.15) is 5.10 Å². The van der Waals surface area contributed by atoms with E-state index >= 15 is 0 Å². The second-order valence-corrected chi connectivity index (χ2v) is 4.52. The van der Waals surface area contributed by atoms with Gasteiger partial charge in [0.1, 0.15) is 17.2 Å². The summed E-state index contributed by atoms with van der Waals surface area (Å²) >= 11 is 0. The molecule has 1 aromatic rings. The molecule has 0 aromatic heterocycles. The molecule has 0 fully saturated rings. The smallest absolute Gasteiger partial charge is 0.271 e. The fourth-order valence-electron chi connectivity index (χ4n) is 2.09. The highest BCUT2D eigenvalue weighted by Crippen LogP contribution is 2.34. The molecular formula is C14H17N3O4. The van der Waals surface area contributed by atoms with E-state index in [1.807, 2.05) is 6.92 Å². The molecule has 2 N–H and O–H groups in total. The van der Waals surface area contributed by atoms with Crippen molar-refractivity contribution in [2.24, 2.45) is 5.10 Å². The number of rotatable bonds is 4. The normalized spacial score (nSPS) is 14.0. The Kier molecular flexibility index (Phi) is 4.42. The quantitative estimate of drug-likeness (QED) is 0.872. The minimum absolute atomic E-state index is 0.190. The van der Waals surface area contributed by atoms with E-state index in [9.17, 15) is 9.59 Å². The number of carbonyl (C=O) groups is 2. The summed E-state index contributed by atoms with van der Waals surface area (Å²) in [7, 11) is 3.09. The van der Waals surface area contributed by atoms with E-state index in [1.54, 1.807) is 19.2 Å². The molecule has 0 radical (unpaired) electrons. The molecule has 2 amide bonds. The zero-order valence-corrected chi connectivity index (χ0v) is 12.1. The Hall–Kier alpha value is -2.57. The van der Waals surface area contributed by atoms with Crippen LogP contribution in [-0.4, -0.2) is 31.7 Å². The van der Waals surface area contributed by atoms with E-state index in [0.717, 1.165) is 5.56 Å². The summed E-state index contributed by atoms with van der Waals surface area (Å²) in [5.74, 6) is 0.651. The van der Waals surface area contributed by atoms with Crippen molar-refractivity contribution in [1.82, 2.24) is 5.43 Å². The maximum Gasteiger partial charge on any atom is 0.271 e. The van der Waals surface area contributed by atoms with E-state index < -0.39 is 0 Å². The zero-order valence-electron chi connectivity index (χ0n) is 12.1. The minimum Gasteiger partial charge on any atom is -0.496 e. The first-order valence-electron chi connectivity index (χ1n) is 6.45. The van der Waals surface area contributed by atoms with Crippen LogP contribution in [0.2, 0.25) is 0 Å². The fourth-order valence-corrected chi connectivity index (χ4v) is 2.09. The van der Waals surface area contributed by atoms with Crippen molar-refractivity contribution in [3.8, 4) is 11.5 Å². The lowest BCUT2D eigenvalue weighted by molar-refractivity contribution is -0.121. The molecular weight excluding hydrogens is 274 g/mol. The Morgan fingerprint density at radius 3 is 2.62 bits per heavy atom. The molecule has 1 aliphatic rings.